The Balaban J connectivity index is 1.43. The third-order valence-corrected chi connectivity index (χ3v) is 13.5. The van der Waals surface area contributed by atoms with E-state index in [1.807, 2.05) is 30.3 Å². The van der Waals surface area contributed by atoms with Crippen LogP contribution < -0.4 is 14.8 Å². The van der Waals surface area contributed by atoms with Crippen molar-refractivity contribution in [2.75, 3.05) is 30.7 Å². The molecule has 0 radical (unpaired) electrons. The molecule has 10 heteroatoms. The number of fused-ring (bicyclic) bond motifs is 1. The first-order chi connectivity index (χ1) is 20.1. The standard InChI is InChI=1S/C32H42ClN3O4SSi/c1-6-42(7-2,8-3)40-31(25-14-17-28(33)30(20-25)36-41(5,37)38)22-34-18-19-39-26-15-16-27-23(4)32(35-29(27)21-26)24-12-10-9-11-13-24/h9-17,20-21,31,34-36H,6-8,18-19,22H2,1-5H3/t31-/m0/s1. The summed E-state index contributed by atoms with van der Waals surface area (Å²) in [6, 6.07) is 24.9. The van der Waals surface area contributed by atoms with Gasteiger partial charge in [-0.1, -0.05) is 68.8 Å². The normalized spacial score (nSPS) is 12.9. The number of aromatic nitrogens is 1. The van der Waals surface area contributed by atoms with Gasteiger partial charge in [0.1, 0.15) is 12.4 Å². The molecule has 42 heavy (non-hydrogen) atoms. The molecule has 0 aliphatic carbocycles. The van der Waals surface area contributed by atoms with E-state index in [1.54, 1.807) is 12.1 Å². The molecular formula is C32H42ClN3O4SSi. The summed E-state index contributed by atoms with van der Waals surface area (Å²) in [5.74, 6) is 0.807. The topological polar surface area (TPSA) is 92.4 Å². The Morgan fingerprint density at radius 3 is 2.36 bits per heavy atom. The van der Waals surface area contributed by atoms with Crippen LogP contribution in [0.1, 0.15) is 38.0 Å². The van der Waals surface area contributed by atoms with E-state index in [9.17, 15) is 8.42 Å². The van der Waals surface area contributed by atoms with Gasteiger partial charge in [0.25, 0.3) is 0 Å². The summed E-state index contributed by atoms with van der Waals surface area (Å²) in [7, 11) is -5.43. The summed E-state index contributed by atoms with van der Waals surface area (Å²) in [6.07, 6.45) is 0.870. The molecule has 0 unspecified atom stereocenters. The maximum absolute atomic E-state index is 11.9. The lowest BCUT2D eigenvalue weighted by Crippen LogP contribution is -2.40. The SMILES string of the molecule is CC[Si](CC)(CC)O[C@@H](CNCCOc1ccc2c(C)c(-c3ccccc3)[nH]c2c1)c1ccc(Cl)c(NS(C)(=O)=O)c1. The molecular weight excluding hydrogens is 586 g/mol. The number of halogens is 1. The lowest BCUT2D eigenvalue weighted by Gasteiger charge is -2.34. The molecule has 4 aromatic rings. The van der Waals surface area contributed by atoms with Crippen LogP contribution in [0.4, 0.5) is 5.69 Å². The molecule has 3 N–H and O–H groups in total. The van der Waals surface area contributed by atoms with Gasteiger partial charge in [-0.25, -0.2) is 8.42 Å². The minimum absolute atomic E-state index is 0.247. The molecule has 3 aromatic carbocycles. The average Bonchev–Trinajstić information content (AvgIpc) is 3.31. The fourth-order valence-corrected chi connectivity index (χ4v) is 8.94. The van der Waals surface area contributed by atoms with Crippen LogP contribution in [0.5, 0.6) is 5.75 Å². The molecule has 0 bridgehead atoms. The van der Waals surface area contributed by atoms with E-state index in [4.69, 9.17) is 20.8 Å². The van der Waals surface area contributed by atoms with Crippen molar-refractivity contribution >= 4 is 46.5 Å². The monoisotopic (exact) mass is 627 g/mol. The van der Waals surface area contributed by atoms with Gasteiger partial charge in [0.05, 0.1) is 23.1 Å². The molecule has 0 saturated carbocycles. The predicted octanol–water partition coefficient (Wildman–Crippen LogP) is 7.90. The second-order valence-electron chi connectivity index (χ2n) is 10.7. The molecule has 0 aliphatic rings. The number of ether oxygens (including phenoxy) is 1. The predicted molar refractivity (Wildman–Crippen MR) is 178 cm³/mol. The first kappa shape index (κ1) is 32.1. The third-order valence-electron chi connectivity index (χ3n) is 7.95. The van der Waals surface area contributed by atoms with E-state index < -0.39 is 18.3 Å². The van der Waals surface area contributed by atoms with Gasteiger partial charge in [-0.2, -0.15) is 0 Å². The zero-order chi connectivity index (χ0) is 30.3. The molecule has 0 aliphatic heterocycles. The van der Waals surface area contributed by atoms with Crippen LogP contribution in [0.3, 0.4) is 0 Å². The number of aromatic amines is 1. The number of benzene rings is 3. The maximum Gasteiger partial charge on any atom is 0.229 e. The van der Waals surface area contributed by atoms with E-state index in [0.29, 0.717) is 30.4 Å². The fourth-order valence-electron chi connectivity index (χ4n) is 5.32. The molecule has 0 saturated heterocycles. The first-order valence-corrected chi connectivity index (χ1v) is 19.3. The van der Waals surface area contributed by atoms with Crippen LogP contribution in [0.15, 0.2) is 66.7 Å². The van der Waals surface area contributed by atoms with Crippen molar-refractivity contribution in [3.05, 3.63) is 82.9 Å². The van der Waals surface area contributed by atoms with Crippen LogP contribution >= 0.6 is 11.6 Å². The van der Waals surface area contributed by atoms with E-state index >= 15 is 0 Å². The van der Waals surface area contributed by atoms with Gasteiger partial charge in [0.2, 0.25) is 10.0 Å². The highest BCUT2D eigenvalue weighted by atomic mass is 35.5. The Kier molecular flexibility index (Phi) is 10.8. The van der Waals surface area contributed by atoms with Crippen molar-refractivity contribution in [1.29, 1.82) is 0 Å². The molecule has 1 aromatic heterocycles. The number of hydrogen-bond donors (Lipinski definition) is 3. The summed E-state index contributed by atoms with van der Waals surface area (Å²) >= 11 is 6.31. The van der Waals surface area contributed by atoms with Gasteiger partial charge in [-0.05, 0) is 66.0 Å². The second-order valence-corrected chi connectivity index (χ2v) is 17.6. The number of sulfonamides is 1. The van der Waals surface area contributed by atoms with Gasteiger partial charge in [0, 0.05) is 35.8 Å². The molecule has 226 valence electrons. The second kappa shape index (κ2) is 14.1. The van der Waals surface area contributed by atoms with E-state index in [2.05, 4.69) is 67.0 Å². The Hall–Kier alpha value is -2.82. The number of aryl methyl sites for hydroxylation is 1. The fraction of sp³-hybridized carbons (Fsp3) is 0.375. The van der Waals surface area contributed by atoms with Gasteiger partial charge in [-0.3, -0.25) is 4.72 Å². The number of hydrogen-bond acceptors (Lipinski definition) is 5. The van der Waals surface area contributed by atoms with Crippen LogP contribution in [0, 0.1) is 6.92 Å². The van der Waals surface area contributed by atoms with Gasteiger partial charge < -0.3 is 19.5 Å². The number of rotatable bonds is 15. The van der Waals surface area contributed by atoms with Crippen molar-refractivity contribution in [3.8, 4) is 17.0 Å². The molecule has 0 amide bonds. The van der Waals surface area contributed by atoms with E-state index in [-0.39, 0.29) is 6.10 Å². The zero-order valence-corrected chi connectivity index (χ0v) is 27.7. The number of nitrogens with one attached hydrogen (secondary N) is 3. The number of H-pyrrole nitrogens is 1. The van der Waals surface area contributed by atoms with Crippen LogP contribution in [-0.2, 0) is 14.4 Å². The van der Waals surface area contributed by atoms with Crippen LogP contribution in [-0.4, -0.2) is 47.7 Å². The minimum atomic E-state index is -3.47. The molecule has 0 spiro atoms. The smallest absolute Gasteiger partial charge is 0.229 e. The Morgan fingerprint density at radius 1 is 0.976 bits per heavy atom. The van der Waals surface area contributed by atoms with Crippen molar-refractivity contribution in [2.24, 2.45) is 0 Å². The first-order valence-electron chi connectivity index (χ1n) is 14.5. The highest BCUT2D eigenvalue weighted by Crippen LogP contribution is 2.34. The Bertz CT molecular complexity index is 1580. The zero-order valence-electron chi connectivity index (χ0n) is 25.1. The summed E-state index contributed by atoms with van der Waals surface area (Å²) in [5.41, 5.74) is 5.79. The van der Waals surface area contributed by atoms with Crippen LogP contribution in [0.25, 0.3) is 22.2 Å². The number of anilines is 1. The van der Waals surface area contributed by atoms with Crippen molar-refractivity contribution in [2.45, 2.75) is 51.9 Å². The third kappa shape index (κ3) is 7.96. The molecule has 1 atom stereocenters. The Labute approximate surface area is 256 Å². The summed E-state index contributed by atoms with van der Waals surface area (Å²) < 4.78 is 39.3. The van der Waals surface area contributed by atoms with Crippen molar-refractivity contribution < 1.29 is 17.6 Å². The van der Waals surface area contributed by atoms with Gasteiger partial charge in [0.15, 0.2) is 8.32 Å². The Morgan fingerprint density at radius 2 is 1.69 bits per heavy atom. The van der Waals surface area contributed by atoms with Gasteiger partial charge >= 0.3 is 0 Å². The largest absolute Gasteiger partial charge is 0.492 e. The van der Waals surface area contributed by atoms with Crippen LogP contribution in [0.2, 0.25) is 23.2 Å². The van der Waals surface area contributed by atoms with Crippen molar-refractivity contribution in [3.63, 3.8) is 0 Å². The quantitative estimate of drug-likeness (QED) is 0.0920. The highest BCUT2D eigenvalue weighted by molar-refractivity contribution is 7.92. The average molecular weight is 628 g/mol. The molecule has 4 rings (SSSR count). The van der Waals surface area contributed by atoms with E-state index in [1.165, 1.54) is 10.9 Å². The molecule has 1 heterocycles. The molecule has 7 nitrogen and oxygen atoms in total. The summed E-state index contributed by atoms with van der Waals surface area (Å²) in [5, 5.41) is 5.03. The molecule has 0 fully saturated rings. The minimum Gasteiger partial charge on any atom is -0.492 e. The van der Waals surface area contributed by atoms with Gasteiger partial charge in [-0.15, -0.1) is 0 Å². The lowest BCUT2D eigenvalue weighted by atomic mass is 10.1. The summed E-state index contributed by atoms with van der Waals surface area (Å²) in [6.45, 7) is 10.4. The lowest BCUT2D eigenvalue weighted by molar-refractivity contribution is 0.183. The van der Waals surface area contributed by atoms with E-state index in [0.717, 1.165) is 52.5 Å². The highest BCUT2D eigenvalue weighted by Gasteiger charge is 2.32. The summed E-state index contributed by atoms with van der Waals surface area (Å²) in [4.78, 5) is 3.56. The van der Waals surface area contributed by atoms with Crippen molar-refractivity contribution in [1.82, 2.24) is 10.3 Å². The maximum atomic E-state index is 11.9.